The molecule has 0 radical (unpaired) electrons. The van der Waals surface area contributed by atoms with Crippen molar-refractivity contribution in [2.45, 2.75) is 39.5 Å². The second kappa shape index (κ2) is 7.00. The van der Waals surface area contributed by atoms with Crippen molar-refractivity contribution in [3.8, 4) is 5.75 Å². The second-order valence-electron chi connectivity index (χ2n) is 5.17. The molecular weight excluding hydrogens is 297 g/mol. The van der Waals surface area contributed by atoms with Crippen LogP contribution in [0.25, 0.3) is 0 Å². The van der Waals surface area contributed by atoms with E-state index in [1.165, 1.54) is 21.0 Å². The van der Waals surface area contributed by atoms with Gasteiger partial charge < -0.3 is 9.47 Å². The van der Waals surface area contributed by atoms with Crippen LogP contribution in [0.4, 0.5) is 18.9 Å². The number of aryl methyl sites for hydroxylation is 1. The fourth-order valence-electron chi connectivity index (χ4n) is 2.03. The van der Waals surface area contributed by atoms with Gasteiger partial charge >= 0.3 is 6.18 Å². The van der Waals surface area contributed by atoms with Crippen LogP contribution in [0.15, 0.2) is 23.3 Å². The van der Waals surface area contributed by atoms with Crippen LogP contribution in [0, 0.1) is 6.92 Å². The van der Waals surface area contributed by atoms with Gasteiger partial charge in [0.2, 0.25) is 0 Å². The van der Waals surface area contributed by atoms with Crippen molar-refractivity contribution in [3.63, 3.8) is 0 Å². The number of nitrogens with one attached hydrogen (secondary N) is 1. The van der Waals surface area contributed by atoms with Crippen molar-refractivity contribution in [3.05, 3.63) is 23.8 Å². The topological polar surface area (TPSA) is 42.8 Å². The van der Waals surface area contributed by atoms with Crippen LogP contribution >= 0.6 is 0 Å². The third kappa shape index (κ3) is 4.37. The zero-order valence-electron chi connectivity index (χ0n) is 13.3. The quantitative estimate of drug-likeness (QED) is 0.633. The summed E-state index contributed by atoms with van der Waals surface area (Å²) in [4.78, 5) is 0. The number of hydrogen-bond acceptors (Lipinski definition) is 4. The highest BCUT2D eigenvalue weighted by atomic mass is 19.4. The molecule has 22 heavy (non-hydrogen) atoms. The molecule has 0 unspecified atom stereocenters. The predicted octanol–water partition coefficient (Wildman–Crippen LogP) is 4.15. The summed E-state index contributed by atoms with van der Waals surface area (Å²) in [5.74, 6) is 0.416. The molecule has 0 heterocycles. The van der Waals surface area contributed by atoms with Crippen LogP contribution in [-0.4, -0.2) is 31.2 Å². The molecule has 7 heteroatoms. The Kier molecular flexibility index (Phi) is 5.82. The van der Waals surface area contributed by atoms with E-state index in [-0.39, 0.29) is 6.61 Å². The molecule has 0 aliphatic rings. The van der Waals surface area contributed by atoms with Crippen LogP contribution in [0.1, 0.15) is 26.3 Å². The molecule has 0 bridgehead atoms. The van der Waals surface area contributed by atoms with E-state index in [1.807, 2.05) is 0 Å². The van der Waals surface area contributed by atoms with Crippen LogP contribution in [0.2, 0.25) is 0 Å². The summed E-state index contributed by atoms with van der Waals surface area (Å²) in [6, 6.07) is 5.14. The van der Waals surface area contributed by atoms with E-state index >= 15 is 0 Å². The monoisotopic (exact) mass is 318 g/mol. The van der Waals surface area contributed by atoms with Gasteiger partial charge in [-0.15, -0.1) is 0 Å². The number of halogens is 3. The first kappa shape index (κ1) is 18.3. The first-order valence-electron chi connectivity index (χ1n) is 6.82. The molecule has 0 aliphatic carbocycles. The van der Waals surface area contributed by atoms with Gasteiger partial charge in [0.1, 0.15) is 17.0 Å². The van der Waals surface area contributed by atoms with Crippen molar-refractivity contribution in [1.82, 2.24) is 0 Å². The van der Waals surface area contributed by atoms with Gasteiger partial charge in [0, 0.05) is 6.61 Å². The summed E-state index contributed by atoms with van der Waals surface area (Å²) >= 11 is 0. The molecule has 1 aromatic carbocycles. The number of nitrogens with zero attached hydrogens (tertiary/aromatic N) is 1. The molecule has 0 amide bonds. The lowest BCUT2D eigenvalue weighted by Crippen LogP contribution is -2.45. The molecule has 1 rings (SSSR count). The molecule has 4 nitrogen and oxygen atoms in total. The maximum absolute atomic E-state index is 13.2. The number of alkyl halides is 3. The molecule has 0 saturated carbocycles. The highest BCUT2D eigenvalue weighted by Crippen LogP contribution is 2.30. The van der Waals surface area contributed by atoms with E-state index in [0.29, 0.717) is 11.4 Å². The van der Waals surface area contributed by atoms with E-state index in [9.17, 15) is 13.2 Å². The molecule has 124 valence electrons. The first-order valence-corrected chi connectivity index (χ1v) is 6.82. The molecule has 0 saturated heterocycles. The number of ether oxygens (including phenoxy) is 2. The fraction of sp³-hybridized carbons (Fsp3) is 0.533. The smallest absolute Gasteiger partial charge is 0.434 e. The van der Waals surface area contributed by atoms with Crippen molar-refractivity contribution >= 4 is 11.4 Å². The number of hydrazone groups is 1. The molecule has 0 aromatic heterocycles. The Balaban J connectivity index is 3.21. The van der Waals surface area contributed by atoms with Crippen molar-refractivity contribution in [1.29, 1.82) is 0 Å². The number of methoxy groups -OCH3 is 1. The molecule has 0 spiro atoms. The van der Waals surface area contributed by atoms with Crippen molar-refractivity contribution < 1.29 is 22.6 Å². The molecule has 0 fully saturated rings. The second-order valence-corrected chi connectivity index (χ2v) is 5.17. The summed E-state index contributed by atoms with van der Waals surface area (Å²) in [6.07, 6.45) is -4.61. The predicted molar refractivity (Wildman–Crippen MR) is 80.5 cm³/mol. The minimum absolute atomic E-state index is 0.149. The highest BCUT2D eigenvalue weighted by molar-refractivity contribution is 5.97. The van der Waals surface area contributed by atoms with Gasteiger partial charge in [0.15, 0.2) is 5.71 Å². The first-order chi connectivity index (χ1) is 10.1. The maximum atomic E-state index is 13.2. The number of anilines is 1. The van der Waals surface area contributed by atoms with Gasteiger partial charge in [0.25, 0.3) is 0 Å². The number of hydrogen-bond donors (Lipinski definition) is 1. The standard InChI is InChI=1S/C15H21F3N2O2/c1-6-22-14(3,4)13(15(16,17)18)20-19-12-10(2)8-7-9-11(12)21-5/h7-9,19H,6H2,1-5H3/b20-13+. The Morgan fingerprint density at radius 1 is 1.27 bits per heavy atom. The van der Waals surface area contributed by atoms with Gasteiger partial charge in [-0.2, -0.15) is 18.3 Å². The Labute approximate surface area is 128 Å². The summed E-state index contributed by atoms with van der Waals surface area (Å²) in [5.41, 5.74) is 0.981. The average Bonchev–Trinajstić information content (AvgIpc) is 2.38. The molecular formula is C15H21F3N2O2. The van der Waals surface area contributed by atoms with Gasteiger partial charge in [-0.05, 0) is 39.3 Å². The Morgan fingerprint density at radius 3 is 2.41 bits per heavy atom. The highest BCUT2D eigenvalue weighted by Gasteiger charge is 2.46. The van der Waals surface area contributed by atoms with Gasteiger partial charge in [-0.25, -0.2) is 0 Å². The fourth-order valence-corrected chi connectivity index (χ4v) is 2.03. The van der Waals surface area contributed by atoms with Gasteiger partial charge in [-0.1, -0.05) is 12.1 Å². The van der Waals surface area contributed by atoms with Gasteiger partial charge in [-0.3, -0.25) is 5.43 Å². The lowest BCUT2D eigenvalue weighted by molar-refractivity contribution is -0.0791. The third-order valence-corrected chi connectivity index (χ3v) is 3.08. The summed E-state index contributed by atoms with van der Waals surface area (Å²) in [6.45, 7) is 6.20. The minimum atomic E-state index is -4.61. The molecule has 0 aliphatic heterocycles. The molecule has 0 atom stereocenters. The van der Waals surface area contributed by atoms with Crippen LogP contribution < -0.4 is 10.2 Å². The summed E-state index contributed by atoms with van der Waals surface area (Å²) in [7, 11) is 1.44. The number of para-hydroxylation sites is 1. The SMILES string of the molecule is CCOC(C)(C)/C(=N\Nc1c(C)cccc1OC)C(F)(F)F. The molecule has 1 N–H and O–H groups in total. The summed E-state index contributed by atoms with van der Waals surface area (Å²) in [5, 5.41) is 3.56. The van der Waals surface area contributed by atoms with Crippen LogP contribution in [0.5, 0.6) is 5.75 Å². The number of rotatable bonds is 6. The Bertz CT molecular complexity index is 540. The van der Waals surface area contributed by atoms with E-state index in [2.05, 4.69) is 10.5 Å². The lowest BCUT2D eigenvalue weighted by Gasteiger charge is -2.28. The van der Waals surface area contributed by atoms with E-state index in [4.69, 9.17) is 9.47 Å². The average molecular weight is 318 g/mol. The minimum Gasteiger partial charge on any atom is -0.495 e. The van der Waals surface area contributed by atoms with E-state index in [0.717, 1.165) is 5.56 Å². The zero-order valence-corrected chi connectivity index (χ0v) is 13.3. The van der Waals surface area contributed by atoms with Crippen molar-refractivity contribution in [2.75, 3.05) is 19.1 Å². The van der Waals surface area contributed by atoms with Crippen LogP contribution in [0.3, 0.4) is 0 Å². The Morgan fingerprint density at radius 2 is 1.91 bits per heavy atom. The zero-order chi connectivity index (χ0) is 17.0. The summed E-state index contributed by atoms with van der Waals surface area (Å²) < 4.78 is 50.0. The number of benzene rings is 1. The normalized spacial score (nSPS) is 13.2. The van der Waals surface area contributed by atoms with E-state index in [1.54, 1.807) is 32.0 Å². The van der Waals surface area contributed by atoms with Gasteiger partial charge in [0.05, 0.1) is 7.11 Å². The van der Waals surface area contributed by atoms with Crippen molar-refractivity contribution in [2.24, 2.45) is 5.10 Å². The molecule has 1 aromatic rings. The third-order valence-electron chi connectivity index (χ3n) is 3.08. The van der Waals surface area contributed by atoms with Crippen LogP contribution in [-0.2, 0) is 4.74 Å². The largest absolute Gasteiger partial charge is 0.495 e. The van der Waals surface area contributed by atoms with E-state index < -0.39 is 17.5 Å². The lowest BCUT2D eigenvalue weighted by atomic mass is 10.0. The Hall–Kier alpha value is -1.76. The maximum Gasteiger partial charge on any atom is 0.434 e.